The first kappa shape index (κ1) is 25.8. The lowest BCUT2D eigenvalue weighted by atomic mass is 10.0. The number of para-hydroxylation sites is 1. The van der Waals surface area contributed by atoms with Crippen LogP contribution in [0.3, 0.4) is 0 Å². The average Bonchev–Trinajstić information content (AvgIpc) is 3.18. The molecule has 0 spiro atoms. The van der Waals surface area contributed by atoms with Crippen molar-refractivity contribution in [2.45, 2.75) is 59.0 Å². The molecule has 1 aromatic rings. The lowest BCUT2D eigenvalue weighted by Crippen LogP contribution is -2.34. The van der Waals surface area contributed by atoms with Crippen molar-refractivity contribution in [3.63, 3.8) is 0 Å². The molecule has 3 rings (SSSR count). The minimum absolute atomic E-state index is 0.0570. The number of nitrogens with zero attached hydrogens (tertiary/aromatic N) is 2. The van der Waals surface area contributed by atoms with Crippen LogP contribution >= 0.6 is 0 Å². The van der Waals surface area contributed by atoms with E-state index in [4.69, 9.17) is 4.74 Å². The summed E-state index contributed by atoms with van der Waals surface area (Å²) < 4.78 is 5.97. The molecule has 1 aliphatic heterocycles. The van der Waals surface area contributed by atoms with Gasteiger partial charge in [0.1, 0.15) is 5.75 Å². The lowest BCUT2D eigenvalue weighted by Gasteiger charge is -2.20. The van der Waals surface area contributed by atoms with Gasteiger partial charge < -0.3 is 19.9 Å². The van der Waals surface area contributed by atoms with Crippen LogP contribution in [-0.2, 0) is 9.59 Å². The molecule has 0 unspecified atom stereocenters. The number of amides is 2. The van der Waals surface area contributed by atoms with Gasteiger partial charge in [-0.15, -0.1) is 0 Å². The molecule has 0 bridgehead atoms. The maximum absolute atomic E-state index is 12.5. The summed E-state index contributed by atoms with van der Waals surface area (Å²) in [4.78, 5) is 28.4. The molecule has 2 aliphatic rings. The van der Waals surface area contributed by atoms with Crippen LogP contribution in [0.25, 0.3) is 5.57 Å². The number of ether oxygens (including phenoxy) is 1. The Morgan fingerprint density at radius 3 is 2.65 bits per heavy atom. The molecule has 0 radical (unpaired) electrons. The molecule has 0 atom stereocenters. The van der Waals surface area contributed by atoms with Gasteiger partial charge in [-0.1, -0.05) is 36.4 Å². The maximum Gasteiger partial charge on any atom is 0.224 e. The zero-order valence-electron chi connectivity index (χ0n) is 20.9. The fourth-order valence-electron chi connectivity index (χ4n) is 4.34. The predicted molar refractivity (Wildman–Crippen MR) is 137 cm³/mol. The molecule has 1 N–H and O–H groups in total. The second kappa shape index (κ2) is 13.1. The summed E-state index contributed by atoms with van der Waals surface area (Å²) in [7, 11) is 0. The van der Waals surface area contributed by atoms with Crippen LogP contribution in [0.5, 0.6) is 5.75 Å². The first-order valence-corrected chi connectivity index (χ1v) is 12.5. The fourth-order valence-corrected chi connectivity index (χ4v) is 4.34. The van der Waals surface area contributed by atoms with Gasteiger partial charge in [0.05, 0.1) is 6.10 Å². The highest BCUT2D eigenvalue weighted by atomic mass is 16.5. The third kappa shape index (κ3) is 8.17. The number of nitrogens with one attached hydrogen (secondary N) is 1. The maximum atomic E-state index is 12.5. The van der Waals surface area contributed by atoms with Crippen LogP contribution < -0.4 is 10.1 Å². The Balaban J connectivity index is 1.42. The fraction of sp³-hybridized carbons (Fsp3) is 0.500. The number of rotatable bonds is 9. The Morgan fingerprint density at radius 1 is 1.03 bits per heavy atom. The van der Waals surface area contributed by atoms with Crippen LogP contribution in [-0.4, -0.2) is 60.4 Å². The molecule has 1 aliphatic carbocycles. The van der Waals surface area contributed by atoms with Gasteiger partial charge in [0.25, 0.3) is 0 Å². The molecule has 34 heavy (non-hydrogen) atoms. The van der Waals surface area contributed by atoms with E-state index in [1.165, 1.54) is 0 Å². The van der Waals surface area contributed by atoms with Crippen molar-refractivity contribution < 1.29 is 14.3 Å². The topological polar surface area (TPSA) is 61.9 Å². The predicted octanol–water partition coefficient (Wildman–Crippen LogP) is 4.54. The standard InChI is InChI=1S/C28H39N3O3/c1-22(2)34-27-13-5-4-12-26(27)24-10-8-11-25(16-15-24)29-28(33)14-6-7-17-30-18-9-19-31(21-20-30)23(3)32/h4-5,10-13,15-16,22H,6-9,14,17-21H2,1-3H3,(H,29,33). The van der Waals surface area contributed by atoms with Crippen molar-refractivity contribution in [1.82, 2.24) is 15.1 Å². The van der Waals surface area contributed by atoms with E-state index in [9.17, 15) is 9.59 Å². The summed E-state index contributed by atoms with van der Waals surface area (Å²) in [6.45, 7) is 10.3. The summed E-state index contributed by atoms with van der Waals surface area (Å²) >= 11 is 0. The molecule has 0 saturated carbocycles. The third-order valence-electron chi connectivity index (χ3n) is 6.12. The number of benzene rings is 1. The molecule has 6 nitrogen and oxygen atoms in total. The van der Waals surface area contributed by atoms with E-state index in [0.717, 1.165) is 81.0 Å². The number of hydrogen-bond acceptors (Lipinski definition) is 4. The van der Waals surface area contributed by atoms with E-state index in [1.807, 2.05) is 55.2 Å². The van der Waals surface area contributed by atoms with Crippen molar-refractivity contribution in [2.75, 3.05) is 32.7 Å². The van der Waals surface area contributed by atoms with Gasteiger partial charge in [0, 0.05) is 44.2 Å². The zero-order valence-corrected chi connectivity index (χ0v) is 20.9. The van der Waals surface area contributed by atoms with Crippen molar-refractivity contribution in [1.29, 1.82) is 0 Å². The van der Waals surface area contributed by atoms with E-state index >= 15 is 0 Å². The summed E-state index contributed by atoms with van der Waals surface area (Å²) in [6.07, 6.45) is 12.5. The molecule has 6 heteroatoms. The summed E-state index contributed by atoms with van der Waals surface area (Å²) in [5.41, 5.74) is 3.00. The Bertz CT molecular complexity index is 933. The van der Waals surface area contributed by atoms with E-state index in [0.29, 0.717) is 6.42 Å². The van der Waals surface area contributed by atoms with Gasteiger partial charge in [-0.25, -0.2) is 0 Å². The second-order valence-electron chi connectivity index (χ2n) is 9.26. The van der Waals surface area contributed by atoms with Gasteiger partial charge in [-0.3, -0.25) is 9.59 Å². The van der Waals surface area contributed by atoms with Crippen LogP contribution in [0.4, 0.5) is 0 Å². The number of carbonyl (C=O) groups is 2. The lowest BCUT2D eigenvalue weighted by molar-refractivity contribution is -0.128. The Morgan fingerprint density at radius 2 is 1.85 bits per heavy atom. The molecule has 184 valence electrons. The van der Waals surface area contributed by atoms with Crippen LogP contribution in [0.15, 0.2) is 54.3 Å². The van der Waals surface area contributed by atoms with Gasteiger partial charge in [-0.2, -0.15) is 0 Å². The van der Waals surface area contributed by atoms with Crippen LogP contribution in [0, 0.1) is 0 Å². The smallest absolute Gasteiger partial charge is 0.224 e. The second-order valence-corrected chi connectivity index (χ2v) is 9.26. The van der Waals surface area contributed by atoms with E-state index in [1.54, 1.807) is 6.92 Å². The zero-order chi connectivity index (χ0) is 24.3. The molecule has 0 aromatic heterocycles. The largest absolute Gasteiger partial charge is 0.490 e. The number of allylic oxidation sites excluding steroid dienone is 5. The summed E-state index contributed by atoms with van der Waals surface area (Å²) in [5.74, 6) is 1.09. The number of hydrogen-bond donors (Lipinski definition) is 1. The Hall–Kier alpha value is -2.86. The van der Waals surface area contributed by atoms with Gasteiger partial charge in [0.2, 0.25) is 11.8 Å². The highest BCUT2D eigenvalue weighted by Gasteiger charge is 2.16. The van der Waals surface area contributed by atoms with Crippen molar-refractivity contribution in [2.24, 2.45) is 0 Å². The SMILES string of the molecule is CC(=O)N1CCCN(CCCCC(=O)NC2=CCC=C(c3ccccc3OC(C)C)C=C2)CC1. The Labute approximate surface area is 204 Å². The average molecular weight is 466 g/mol. The van der Waals surface area contributed by atoms with Gasteiger partial charge in [0.15, 0.2) is 0 Å². The quantitative estimate of drug-likeness (QED) is 0.544. The summed E-state index contributed by atoms with van der Waals surface area (Å²) in [6, 6.07) is 8.07. The molecular formula is C28H39N3O3. The molecule has 2 amide bonds. The normalized spacial score (nSPS) is 17.0. The third-order valence-corrected chi connectivity index (χ3v) is 6.12. The minimum Gasteiger partial charge on any atom is -0.490 e. The van der Waals surface area contributed by atoms with Gasteiger partial charge >= 0.3 is 0 Å². The highest BCUT2D eigenvalue weighted by molar-refractivity contribution is 5.81. The first-order valence-electron chi connectivity index (χ1n) is 12.5. The minimum atomic E-state index is 0.0570. The van der Waals surface area contributed by atoms with E-state index < -0.39 is 0 Å². The summed E-state index contributed by atoms with van der Waals surface area (Å²) in [5, 5.41) is 3.06. The molecule has 1 heterocycles. The number of unbranched alkanes of at least 4 members (excludes halogenated alkanes) is 1. The number of carbonyl (C=O) groups excluding carboxylic acids is 2. The van der Waals surface area contributed by atoms with Crippen LogP contribution in [0.1, 0.15) is 58.4 Å². The highest BCUT2D eigenvalue weighted by Crippen LogP contribution is 2.29. The monoisotopic (exact) mass is 465 g/mol. The van der Waals surface area contributed by atoms with E-state index in [2.05, 4.69) is 22.4 Å². The molecular weight excluding hydrogens is 426 g/mol. The van der Waals surface area contributed by atoms with Crippen molar-refractivity contribution in [3.05, 3.63) is 59.8 Å². The van der Waals surface area contributed by atoms with Crippen LogP contribution in [0.2, 0.25) is 0 Å². The Kier molecular flexibility index (Phi) is 9.95. The van der Waals surface area contributed by atoms with Crippen molar-refractivity contribution >= 4 is 17.4 Å². The van der Waals surface area contributed by atoms with Crippen molar-refractivity contribution in [3.8, 4) is 5.75 Å². The van der Waals surface area contributed by atoms with Gasteiger partial charge in [-0.05, 0) is 70.3 Å². The first-order chi connectivity index (χ1) is 16.4. The molecule has 1 fully saturated rings. The van der Waals surface area contributed by atoms with E-state index in [-0.39, 0.29) is 17.9 Å². The molecule has 1 aromatic carbocycles. The molecule has 1 saturated heterocycles.